The van der Waals surface area contributed by atoms with Gasteiger partial charge in [-0.2, -0.15) is 5.26 Å². The van der Waals surface area contributed by atoms with Crippen molar-refractivity contribution in [3.05, 3.63) is 98.8 Å². The number of hydrogen-bond acceptors (Lipinski definition) is 3. The Bertz CT molecular complexity index is 1200. The van der Waals surface area contributed by atoms with Crippen molar-refractivity contribution in [1.29, 1.82) is 5.26 Å². The summed E-state index contributed by atoms with van der Waals surface area (Å²) in [6.07, 6.45) is 1.43. The van der Waals surface area contributed by atoms with E-state index in [9.17, 15) is 14.4 Å². The minimum Gasteiger partial charge on any atom is -0.487 e. The number of rotatable bonds is 6. The molecule has 0 bridgehead atoms. The monoisotopic (exact) mass is 454 g/mol. The molecule has 0 aromatic heterocycles. The number of benzene rings is 3. The number of nitriles is 1. The number of anilines is 1. The average molecular weight is 455 g/mol. The highest BCUT2D eigenvalue weighted by Crippen LogP contribution is 2.28. The summed E-state index contributed by atoms with van der Waals surface area (Å²) >= 11 is 12.2. The van der Waals surface area contributed by atoms with E-state index in [0.717, 1.165) is 5.56 Å². The van der Waals surface area contributed by atoms with Crippen LogP contribution in [0.25, 0.3) is 6.08 Å². The lowest BCUT2D eigenvalue weighted by molar-refractivity contribution is -0.112. The predicted octanol–water partition coefficient (Wildman–Crippen LogP) is 6.57. The topological polar surface area (TPSA) is 62.1 Å². The number of halogens is 3. The molecule has 31 heavy (non-hydrogen) atoms. The molecule has 1 N–H and O–H groups in total. The Morgan fingerprint density at radius 3 is 2.68 bits per heavy atom. The van der Waals surface area contributed by atoms with Crippen LogP contribution >= 0.6 is 23.2 Å². The number of amides is 1. The molecule has 0 fully saturated rings. The van der Waals surface area contributed by atoms with Crippen LogP contribution in [0.2, 0.25) is 10.0 Å². The van der Waals surface area contributed by atoms with E-state index in [1.807, 2.05) is 13.0 Å². The van der Waals surface area contributed by atoms with Crippen LogP contribution in [0.15, 0.2) is 66.2 Å². The van der Waals surface area contributed by atoms with Crippen molar-refractivity contribution in [2.45, 2.75) is 13.5 Å². The first kappa shape index (κ1) is 22.4. The van der Waals surface area contributed by atoms with Gasteiger partial charge in [0.1, 0.15) is 29.8 Å². The lowest BCUT2D eigenvalue weighted by Gasteiger charge is -2.10. The van der Waals surface area contributed by atoms with E-state index in [-0.39, 0.29) is 18.0 Å². The van der Waals surface area contributed by atoms with Gasteiger partial charge in [0.25, 0.3) is 5.91 Å². The third-order valence-electron chi connectivity index (χ3n) is 4.36. The summed E-state index contributed by atoms with van der Waals surface area (Å²) in [5.41, 5.74) is 2.47. The van der Waals surface area contributed by atoms with Gasteiger partial charge in [0.2, 0.25) is 0 Å². The highest BCUT2D eigenvalue weighted by atomic mass is 35.5. The van der Waals surface area contributed by atoms with Gasteiger partial charge in [-0.25, -0.2) is 4.39 Å². The maximum atomic E-state index is 13.3. The van der Waals surface area contributed by atoms with Gasteiger partial charge in [-0.3, -0.25) is 4.79 Å². The summed E-state index contributed by atoms with van der Waals surface area (Å²) < 4.78 is 18.9. The van der Waals surface area contributed by atoms with Crippen molar-refractivity contribution in [1.82, 2.24) is 0 Å². The summed E-state index contributed by atoms with van der Waals surface area (Å²) in [5, 5.41) is 12.9. The third-order valence-corrected chi connectivity index (χ3v) is 4.89. The van der Waals surface area contributed by atoms with Gasteiger partial charge in [0.05, 0.1) is 5.02 Å². The second kappa shape index (κ2) is 10.1. The maximum absolute atomic E-state index is 13.3. The zero-order chi connectivity index (χ0) is 22.4. The van der Waals surface area contributed by atoms with Crippen molar-refractivity contribution in [3.8, 4) is 11.8 Å². The molecule has 0 unspecified atom stereocenters. The first-order valence-corrected chi connectivity index (χ1v) is 9.97. The lowest BCUT2D eigenvalue weighted by Crippen LogP contribution is -2.14. The fraction of sp³-hybridized carbons (Fsp3) is 0.0833. The Balaban J connectivity index is 1.73. The van der Waals surface area contributed by atoms with Crippen molar-refractivity contribution < 1.29 is 13.9 Å². The van der Waals surface area contributed by atoms with E-state index in [0.29, 0.717) is 32.6 Å². The Hall–Kier alpha value is -3.33. The van der Waals surface area contributed by atoms with Gasteiger partial charge >= 0.3 is 0 Å². The molecule has 0 aliphatic heterocycles. The van der Waals surface area contributed by atoms with Crippen LogP contribution in [0.3, 0.4) is 0 Å². The van der Waals surface area contributed by atoms with Crippen LogP contribution in [0, 0.1) is 24.1 Å². The molecular formula is C24H17Cl2FN2O2. The fourth-order valence-corrected chi connectivity index (χ4v) is 3.16. The van der Waals surface area contributed by atoms with Gasteiger partial charge in [0.15, 0.2) is 0 Å². The second-order valence-corrected chi connectivity index (χ2v) is 7.54. The van der Waals surface area contributed by atoms with Crippen LogP contribution in [0.5, 0.6) is 5.75 Å². The number of aryl methyl sites for hydroxylation is 1. The van der Waals surface area contributed by atoms with E-state index < -0.39 is 5.91 Å². The number of carbonyl (C=O) groups is 1. The van der Waals surface area contributed by atoms with E-state index in [4.69, 9.17) is 27.9 Å². The number of hydrogen-bond donors (Lipinski definition) is 1. The van der Waals surface area contributed by atoms with Gasteiger partial charge < -0.3 is 10.1 Å². The third kappa shape index (κ3) is 6.08. The van der Waals surface area contributed by atoms with Crippen molar-refractivity contribution in [3.63, 3.8) is 0 Å². The summed E-state index contributed by atoms with van der Waals surface area (Å²) in [6.45, 7) is 1.97. The van der Waals surface area contributed by atoms with Crippen LogP contribution in [0.1, 0.15) is 16.7 Å². The van der Waals surface area contributed by atoms with Gasteiger partial charge in [-0.15, -0.1) is 0 Å². The smallest absolute Gasteiger partial charge is 0.266 e. The molecule has 0 radical (unpaired) electrons. The molecule has 156 valence electrons. The quantitative estimate of drug-likeness (QED) is 0.338. The molecule has 3 aromatic rings. The minimum atomic E-state index is -0.560. The number of carbonyl (C=O) groups excluding carboxylic acids is 1. The van der Waals surface area contributed by atoms with E-state index >= 15 is 0 Å². The summed E-state index contributed by atoms with van der Waals surface area (Å²) in [6, 6.07) is 18.0. The molecule has 0 heterocycles. The maximum Gasteiger partial charge on any atom is 0.266 e. The van der Waals surface area contributed by atoms with E-state index in [1.165, 1.54) is 18.2 Å². The van der Waals surface area contributed by atoms with Crippen LogP contribution < -0.4 is 10.1 Å². The molecule has 7 heteroatoms. The first-order chi connectivity index (χ1) is 14.9. The van der Waals surface area contributed by atoms with Gasteiger partial charge in [-0.05, 0) is 66.1 Å². The summed E-state index contributed by atoms with van der Waals surface area (Å²) in [7, 11) is 0. The zero-order valence-corrected chi connectivity index (χ0v) is 18.0. The van der Waals surface area contributed by atoms with Gasteiger partial charge in [0, 0.05) is 10.7 Å². The summed E-state index contributed by atoms with van der Waals surface area (Å²) in [4.78, 5) is 12.5. The first-order valence-electron chi connectivity index (χ1n) is 9.22. The van der Waals surface area contributed by atoms with E-state index in [2.05, 4.69) is 5.32 Å². The van der Waals surface area contributed by atoms with Crippen LogP contribution in [-0.2, 0) is 11.4 Å². The Morgan fingerprint density at radius 2 is 1.97 bits per heavy atom. The fourth-order valence-electron chi connectivity index (χ4n) is 2.75. The van der Waals surface area contributed by atoms with Crippen molar-refractivity contribution in [2.24, 2.45) is 0 Å². The molecule has 4 nitrogen and oxygen atoms in total. The molecule has 0 aliphatic carbocycles. The van der Waals surface area contributed by atoms with Gasteiger partial charge in [-0.1, -0.05) is 47.5 Å². The molecule has 0 atom stereocenters. The zero-order valence-electron chi connectivity index (χ0n) is 16.5. The lowest BCUT2D eigenvalue weighted by atomic mass is 10.1. The normalized spacial score (nSPS) is 11.0. The van der Waals surface area contributed by atoms with Crippen molar-refractivity contribution >= 4 is 40.9 Å². The molecule has 0 aliphatic rings. The highest BCUT2D eigenvalue weighted by molar-refractivity contribution is 6.32. The molecule has 3 aromatic carbocycles. The number of ether oxygens (including phenoxy) is 1. The molecule has 0 saturated carbocycles. The van der Waals surface area contributed by atoms with Crippen molar-refractivity contribution in [2.75, 3.05) is 5.32 Å². The Kier molecular flexibility index (Phi) is 7.30. The average Bonchev–Trinajstić information content (AvgIpc) is 2.74. The van der Waals surface area contributed by atoms with Crippen LogP contribution in [0.4, 0.5) is 10.1 Å². The predicted molar refractivity (Wildman–Crippen MR) is 121 cm³/mol. The largest absolute Gasteiger partial charge is 0.487 e. The number of nitrogens with one attached hydrogen (secondary N) is 1. The minimum absolute atomic E-state index is 0.0936. The molecule has 3 rings (SSSR count). The standard InChI is InChI=1S/C24H17Cl2FN2O2/c1-15-5-7-19(25)12-22(15)29-24(30)18(13-28)9-16-6-8-23(21(26)11-16)31-14-17-3-2-4-20(27)10-17/h2-12H,14H2,1H3,(H,29,30)/b18-9+. The number of nitrogens with zero attached hydrogens (tertiary/aromatic N) is 1. The Labute approximate surface area is 189 Å². The molecule has 1 amide bonds. The highest BCUT2D eigenvalue weighted by Gasteiger charge is 2.12. The SMILES string of the molecule is Cc1ccc(Cl)cc1NC(=O)/C(C#N)=C/c1ccc(OCc2cccc(F)c2)c(Cl)c1. The summed E-state index contributed by atoms with van der Waals surface area (Å²) in [5.74, 6) is -0.501. The van der Waals surface area contributed by atoms with E-state index in [1.54, 1.807) is 48.5 Å². The van der Waals surface area contributed by atoms with Crippen LogP contribution in [-0.4, -0.2) is 5.91 Å². The molecule has 0 saturated heterocycles. The second-order valence-electron chi connectivity index (χ2n) is 6.69. The molecule has 0 spiro atoms. The Morgan fingerprint density at radius 1 is 1.16 bits per heavy atom. The molecular weight excluding hydrogens is 438 g/mol.